The molecule has 0 saturated carbocycles. The lowest BCUT2D eigenvalue weighted by molar-refractivity contribution is 0.737. The molecule has 0 aliphatic carbocycles. The second kappa shape index (κ2) is 4.94. The molecule has 2 N–H and O–H groups in total. The number of hydrogen-bond donors (Lipinski definition) is 1. The summed E-state index contributed by atoms with van der Waals surface area (Å²) in [5.74, 6) is 0. The monoisotopic (exact) mass is 243 g/mol. The Hall–Kier alpha value is -1.61. The lowest BCUT2D eigenvalue weighted by Gasteiger charge is -2.12. The summed E-state index contributed by atoms with van der Waals surface area (Å²) in [4.78, 5) is 4.35. The van der Waals surface area contributed by atoms with Crippen LogP contribution >= 0.6 is 0 Å². The zero-order valence-electron chi connectivity index (χ0n) is 11.6. The number of aromatic nitrogens is 2. The molecule has 1 aromatic heterocycles. The van der Waals surface area contributed by atoms with E-state index in [9.17, 15) is 0 Å². The van der Waals surface area contributed by atoms with Crippen LogP contribution in [-0.4, -0.2) is 15.6 Å². The maximum absolute atomic E-state index is 5.84. The highest BCUT2D eigenvalue weighted by Gasteiger charge is 2.08. The Morgan fingerprint density at radius 1 is 1.28 bits per heavy atom. The van der Waals surface area contributed by atoms with Gasteiger partial charge in [0.15, 0.2) is 0 Å². The molecule has 18 heavy (non-hydrogen) atoms. The van der Waals surface area contributed by atoms with Gasteiger partial charge in [0.1, 0.15) is 0 Å². The molecule has 96 valence electrons. The molecule has 2 aromatic rings. The van der Waals surface area contributed by atoms with Gasteiger partial charge in [0.25, 0.3) is 0 Å². The van der Waals surface area contributed by atoms with Crippen LogP contribution in [0, 0.1) is 20.8 Å². The Labute approximate surface area is 109 Å². The van der Waals surface area contributed by atoms with Gasteiger partial charge >= 0.3 is 0 Å². The van der Waals surface area contributed by atoms with E-state index in [4.69, 9.17) is 5.73 Å². The van der Waals surface area contributed by atoms with Gasteiger partial charge in [-0.05, 0) is 51.3 Å². The fourth-order valence-corrected chi connectivity index (χ4v) is 2.23. The third kappa shape index (κ3) is 2.46. The predicted octanol–water partition coefficient (Wildman–Crippen LogP) is 2.69. The Kier molecular flexibility index (Phi) is 3.53. The Bertz CT molecular complexity index is 553. The second-order valence-corrected chi connectivity index (χ2v) is 5.09. The molecule has 0 fully saturated rings. The van der Waals surface area contributed by atoms with Gasteiger partial charge in [-0.15, -0.1) is 0 Å². The van der Waals surface area contributed by atoms with Crippen molar-refractivity contribution in [2.75, 3.05) is 0 Å². The fraction of sp³-hybridized carbons (Fsp3) is 0.400. The highest BCUT2D eigenvalue weighted by molar-refractivity contribution is 5.44. The lowest BCUT2D eigenvalue weighted by Crippen LogP contribution is -2.17. The van der Waals surface area contributed by atoms with Crippen molar-refractivity contribution in [3.63, 3.8) is 0 Å². The smallest absolute Gasteiger partial charge is 0.0997 e. The van der Waals surface area contributed by atoms with Gasteiger partial charge in [-0.3, -0.25) is 0 Å². The maximum atomic E-state index is 5.84. The van der Waals surface area contributed by atoms with Crippen LogP contribution < -0.4 is 5.73 Å². The third-order valence-electron chi connectivity index (χ3n) is 3.33. The first-order chi connectivity index (χ1) is 8.49. The zero-order valence-corrected chi connectivity index (χ0v) is 11.6. The van der Waals surface area contributed by atoms with Crippen LogP contribution in [0.3, 0.4) is 0 Å². The SMILES string of the molecule is Cc1cc(CC(C)N)ccc1-n1cnc(C)c1C. The van der Waals surface area contributed by atoms with Crippen LogP contribution in [0.15, 0.2) is 24.5 Å². The maximum Gasteiger partial charge on any atom is 0.0997 e. The van der Waals surface area contributed by atoms with Crippen molar-refractivity contribution in [1.82, 2.24) is 9.55 Å². The normalized spacial score (nSPS) is 12.7. The molecule has 1 unspecified atom stereocenters. The van der Waals surface area contributed by atoms with Crippen molar-refractivity contribution in [1.29, 1.82) is 0 Å². The van der Waals surface area contributed by atoms with Gasteiger partial charge in [0.05, 0.1) is 12.0 Å². The van der Waals surface area contributed by atoms with Gasteiger partial charge in [-0.25, -0.2) is 4.98 Å². The molecular weight excluding hydrogens is 222 g/mol. The van der Waals surface area contributed by atoms with Crippen LogP contribution in [0.5, 0.6) is 0 Å². The number of rotatable bonds is 3. The summed E-state index contributed by atoms with van der Waals surface area (Å²) in [6, 6.07) is 6.72. The molecule has 2 rings (SSSR count). The van der Waals surface area contributed by atoms with Gasteiger partial charge in [0.2, 0.25) is 0 Å². The molecule has 0 aliphatic heterocycles. The van der Waals surface area contributed by atoms with Crippen molar-refractivity contribution in [2.45, 2.75) is 40.2 Å². The van der Waals surface area contributed by atoms with Gasteiger partial charge in [-0.2, -0.15) is 0 Å². The molecule has 1 aromatic carbocycles. The van der Waals surface area contributed by atoms with E-state index < -0.39 is 0 Å². The van der Waals surface area contributed by atoms with Crippen molar-refractivity contribution in [3.8, 4) is 5.69 Å². The molecule has 0 bridgehead atoms. The van der Waals surface area contributed by atoms with E-state index >= 15 is 0 Å². The Morgan fingerprint density at radius 2 is 2.00 bits per heavy atom. The quantitative estimate of drug-likeness (QED) is 0.900. The Balaban J connectivity index is 2.38. The minimum absolute atomic E-state index is 0.201. The first-order valence-corrected chi connectivity index (χ1v) is 6.35. The molecule has 0 amide bonds. The summed E-state index contributed by atoms with van der Waals surface area (Å²) < 4.78 is 2.14. The van der Waals surface area contributed by atoms with Crippen molar-refractivity contribution in [2.24, 2.45) is 5.73 Å². The molecule has 0 radical (unpaired) electrons. The highest BCUT2D eigenvalue weighted by atomic mass is 15.1. The molecular formula is C15H21N3. The van der Waals surface area contributed by atoms with Crippen LogP contribution in [-0.2, 0) is 6.42 Å². The molecule has 1 heterocycles. The number of aryl methyl sites for hydroxylation is 2. The predicted molar refractivity (Wildman–Crippen MR) is 75.1 cm³/mol. The lowest BCUT2D eigenvalue weighted by atomic mass is 10.0. The molecule has 1 atom stereocenters. The van der Waals surface area contributed by atoms with Crippen molar-refractivity contribution >= 4 is 0 Å². The van der Waals surface area contributed by atoms with Gasteiger partial charge < -0.3 is 10.3 Å². The third-order valence-corrected chi connectivity index (χ3v) is 3.33. The summed E-state index contributed by atoms with van der Waals surface area (Å²) in [5.41, 5.74) is 11.9. The zero-order chi connectivity index (χ0) is 13.3. The fourth-order valence-electron chi connectivity index (χ4n) is 2.23. The van der Waals surface area contributed by atoms with Gasteiger partial charge in [-0.1, -0.05) is 12.1 Å². The van der Waals surface area contributed by atoms with Gasteiger partial charge in [0, 0.05) is 17.4 Å². The van der Waals surface area contributed by atoms with E-state index in [1.54, 1.807) is 0 Å². The number of nitrogens with two attached hydrogens (primary N) is 1. The number of hydrogen-bond acceptors (Lipinski definition) is 2. The average Bonchev–Trinajstić information content (AvgIpc) is 2.60. The summed E-state index contributed by atoms with van der Waals surface area (Å²) >= 11 is 0. The van der Waals surface area contributed by atoms with E-state index in [1.807, 2.05) is 20.2 Å². The molecule has 0 aliphatic rings. The average molecular weight is 243 g/mol. The van der Waals surface area contributed by atoms with Crippen molar-refractivity contribution in [3.05, 3.63) is 47.0 Å². The largest absolute Gasteiger partial charge is 0.328 e. The molecule has 0 saturated heterocycles. The molecule has 3 nitrogen and oxygen atoms in total. The minimum atomic E-state index is 0.201. The number of nitrogens with zero attached hydrogens (tertiary/aromatic N) is 2. The van der Waals surface area contributed by atoms with E-state index in [0.717, 1.165) is 12.1 Å². The summed E-state index contributed by atoms with van der Waals surface area (Å²) in [6.45, 7) is 8.30. The Morgan fingerprint density at radius 3 is 2.50 bits per heavy atom. The van der Waals surface area contributed by atoms with Crippen LogP contribution in [0.25, 0.3) is 5.69 Å². The summed E-state index contributed by atoms with van der Waals surface area (Å²) in [7, 11) is 0. The number of benzene rings is 1. The minimum Gasteiger partial charge on any atom is -0.328 e. The summed E-state index contributed by atoms with van der Waals surface area (Å²) in [6.07, 6.45) is 2.81. The van der Waals surface area contributed by atoms with Crippen LogP contribution in [0.4, 0.5) is 0 Å². The highest BCUT2D eigenvalue weighted by Crippen LogP contribution is 2.19. The van der Waals surface area contributed by atoms with Crippen molar-refractivity contribution < 1.29 is 0 Å². The van der Waals surface area contributed by atoms with E-state index in [0.29, 0.717) is 0 Å². The molecule has 0 spiro atoms. The molecule has 3 heteroatoms. The topological polar surface area (TPSA) is 43.8 Å². The van der Waals surface area contributed by atoms with E-state index in [2.05, 4.69) is 41.6 Å². The first-order valence-electron chi connectivity index (χ1n) is 6.35. The summed E-state index contributed by atoms with van der Waals surface area (Å²) in [5, 5.41) is 0. The van der Waals surface area contributed by atoms with Crippen LogP contribution in [0.1, 0.15) is 29.4 Å². The van der Waals surface area contributed by atoms with E-state index in [-0.39, 0.29) is 6.04 Å². The van der Waals surface area contributed by atoms with Crippen LogP contribution in [0.2, 0.25) is 0 Å². The van der Waals surface area contributed by atoms with E-state index in [1.165, 1.54) is 22.5 Å². The number of imidazole rings is 1. The first kappa shape index (κ1) is 12.8. The standard InChI is InChI=1S/C15H21N3/c1-10-7-14(8-11(2)16)5-6-15(10)18-9-17-12(3)13(18)4/h5-7,9,11H,8,16H2,1-4H3. The second-order valence-electron chi connectivity index (χ2n) is 5.09.